The summed E-state index contributed by atoms with van der Waals surface area (Å²) in [6, 6.07) is 1.94. The molecule has 0 saturated carbocycles. The zero-order valence-electron chi connectivity index (χ0n) is 6.81. The third-order valence-corrected chi connectivity index (χ3v) is 1.47. The SMILES string of the molecule is O=C(c1ccc(CF)cn1)C(F)(F)F. The van der Waals surface area contributed by atoms with Crippen LogP contribution in [0.3, 0.4) is 0 Å². The fourth-order valence-electron chi connectivity index (χ4n) is 0.783. The van der Waals surface area contributed by atoms with Gasteiger partial charge in [-0.1, -0.05) is 6.07 Å². The van der Waals surface area contributed by atoms with E-state index in [1.165, 1.54) is 0 Å². The molecule has 0 atom stereocenters. The van der Waals surface area contributed by atoms with Gasteiger partial charge >= 0.3 is 6.18 Å². The normalized spacial score (nSPS) is 11.4. The number of pyridine rings is 1. The number of aromatic nitrogens is 1. The van der Waals surface area contributed by atoms with Gasteiger partial charge in [0.25, 0.3) is 5.78 Å². The lowest BCUT2D eigenvalue weighted by atomic mass is 10.2. The number of nitrogens with zero attached hydrogens (tertiary/aromatic N) is 1. The third kappa shape index (κ3) is 2.27. The van der Waals surface area contributed by atoms with Crippen molar-refractivity contribution in [3.63, 3.8) is 0 Å². The highest BCUT2D eigenvalue weighted by molar-refractivity contribution is 5.98. The minimum atomic E-state index is -4.94. The molecule has 0 bridgehead atoms. The van der Waals surface area contributed by atoms with Crippen LogP contribution in [0.25, 0.3) is 0 Å². The van der Waals surface area contributed by atoms with Crippen molar-refractivity contribution in [2.24, 2.45) is 0 Å². The highest BCUT2D eigenvalue weighted by Crippen LogP contribution is 2.20. The number of carbonyl (C=O) groups excluding carboxylic acids is 1. The Labute approximate surface area is 76.6 Å². The van der Waals surface area contributed by atoms with E-state index in [1.807, 2.05) is 0 Å². The summed E-state index contributed by atoms with van der Waals surface area (Å²) in [6.07, 6.45) is -4.04. The highest BCUT2D eigenvalue weighted by atomic mass is 19.4. The van der Waals surface area contributed by atoms with Crippen LogP contribution in [0, 0.1) is 0 Å². The first-order chi connectivity index (χ1) is 6.45. The summed E-state index contributed by atoms with van der Waals surface area (Å²) in [6.45, 7) is -0.826. The monoisotopic (exact) mass is 207 g/mol. The first kappa shape index (κ1) is 10.6. The molecule has 0 radical (unpaired) electrons. The molecule has 0 unspecified atom stereocenters. The van der Waals surface area contributed by atoms with Crippen LogP contribution in [0.15, 0.2) is 18.3 Å². The molecule has 0 aliphatic rings. The summed E-state index contributed by atoms with van der Waals surface area (Å²) >= 11 is 0. The van der Waals surface area contributed by atoms with E-state index in [4.69, 9.17) is 0 Å². The maximum absolute atomic E-state index is 11.9. The second-order valence-corrected chi connectivity index (χ2v) is 2.51. The van der Waals surface area contributed by atoms with E-state index in [9.17, 15) is 22.4 Å². The van der Waals surface area contributed by atoms with E-state index in [-0.39, 0.29) is 5.56 Å². The van der Waals surface area contributed by atoms with Crippen LogP contribution >= 0.6 is 0 Å². The van der Waals surface area contributed by atoms with Gasteiger partial charge in [-0.05, 0) is 6.07 Å². The summed E-state index contributed by atoms with van der Waals surface area (Å²) in [5, 5.41) is 0. The van der Waals surface area contributed by atoms with Crippen molar-refractivity contribution in [2.45, 2.75) is 12.9 Å². The number of rotatable bonds is 2. The first-order valence-electron chi connectivity index (χ1n) is 3.57. The molecular formula is C8H5F4NO. The van der Waals surface area contributed by atoms with Gasteiger partial charge in [0.1, 0.15) is 12.4 Å². The fourth-order valence-corrected chi connectivity index (χ4v) is 0.783. The van der Waals surface area contributed by atoms with Crippen LogP contribution < -0.4 is 0 Å². The Morgan fingerprint density at radius 2 is 2.00 bits per heavy atom. The average Bonchev–Trinajstić information content (AvgIpc) is 2.15. The molecule has 0 N–H and O–H groups in total. The van der Waals surface area contributed by atoms with Gasteiger partial charge in [0, 0.05) is 11.8 Å². The molecule has 0 amide bonds. The molecule has 1 aromatic heterocycles. The molecule has 6 heteroatoms. The molecule has 1 aromatic rings. The van der Waals surface area contributed by atoms with Crippen LogP contribution in [-0.2, 0) is 6.67 Å². The standard InChI is InChI=1S/C8H5F4NO/c9-3-5-1-2-6(13-4-5)7(14)8(10,11)12/h1-2,4H,3H2. The van der Waals surface area contributed by atoms with E-state index in [1.54, 1.807) is 0 Å². The van der Waals surface area contributed by atoms with Crippen LogP contribution in [0.1, 0.15) is 16.1 Å². The number of ketones is 1. The molecule has 0 saturated heterocycles. The number of hydrogen-bond donors (Lipinski definition) is 0. The number of carbonyl (C=O) groups is 1. The van der Waals surface area contributed by atoms with E-state index in [2.05, 4.69) is 4.98 Å². The maximum Gasteiger partial charge on any atom is 0.456 e. The first-order valence-corrected chi connectivity index (χ1v) is 3.57. The molecule has 1 heterocycles. The molecule has 14 heavy (non-hydrogen) atoms. The van der Waals surface area contributed by atoms with Gasteiger partial charge in [-0.2, -0.15) is 13.2 Å². The van der Waals surface area contributed by atoms with Crippen molar-refractivity contribution in [3.05, 3.63) is 29.6 Å². The van der Waals surface area contributed by atoms with Crippen LogP contribution in [0.5, 0.6) is 0 Å². The second-order valence-electron chi connectivity index (χ2n) is 2.51. The average molecular weight is 207 g/mol. The quantitative estimate of drug-likeness (QED) is 0.550. The Morgan fingerprint density at radius 3 is 2.36 bits per heavy atom. The van der Waals surface area contributed by atoms with Crippen molar-refractivity contribution in [1.29, 1.82) is 0 Å². The summed E-state index contributed by atoms with van der Waals surface area (Å²) in [4.78, 5) is 13.8. The van der Waals surface area contributed by atoms with Crippen molar-refractivity contribution < 1.29 is 22.4 Å². The largest absolute Gasteiger partial charge is 0.456 e. The van der Waals surface area contributed by atoms with Gasteiger partial charge in [0.15, 0.2) is 0 Å². The summed E-state index contributed by atoms with van der Waals surface area (Å²) in [7, 11) is 0. The molecule has 0 aromatic carbocycles. The summed E-state index contributed by atoms with van der Waals surface area (Å²) in [5.41, 5.74) is -0.599. The zero-order valence-corrected chi connectivity index (χ0v) is 6.81. The lowest BCUT2D eigenvalue weighted by Crippen LogP contribution is -2.23. The predicted molar refractivity (Wildman–Crippen MR) is 39.4 cm³/mol. The Kier molecular flexibility index (Phi) is 2.83. The minimum Gasteiger partial charge on any atom is -0.282 e. The van der Waals surface area contributed by atoms with Gasteiger partial charge < -0.3 is 0 Å². The number of halogens is 4. The van der Waals surface area contributed by atoms with Crippen LogP contribution in [-0.4, -0.2) is 16.9 Å². The molecule has 1 rings (SSSR count). The molecule has 0 fully saturated rings. The Balaban J connectivity index is 2.93. The molecule has 0 spiro atoms. The summed E-state index contributed by atoms with van der Waals surface area (Å²) in [5.74, 6) is -2.03. The third-order valence-electron chi connectivity index (χ3n) is 1.47. The zero-order chi connectivity index (χ0) is 10.8. The minimum absolute atomic E-state index is 0.128. The molecular weight excluding hydrogens is 202 g/mol. The van der Waals surface area contributed by atoms with Crippen molar-refractivity contribution in [2.75, 3.05) is 0 Å². The van der Waals surface area contributed by atoms with Gasteiger partial charge in [-0.25, -0.2) is 4.39 Å². The highest BCUT2D eigenvalue weighted by Gasteiger charge is 2.40. The maximum atomic E-state index is 11.9. The predicted octanol–water partition coefficient (Wildman–Crippen LogP) is 2.30. The van der Waals surface area contributed by atoms with E-state index < -0.39 is 24.3 Å². The molecule has 76 valence electrons. The fraction of sp³-hybridized carbons (Fsp3) is 0.250. The van der Waals surface area contributed by atoms with Gasteiger partial charge in [0.05, 0.1) is 0 Å². The summed E-state index contributed by atoms with van der Waals surface area (Å²) < 4.78 is 47.5. The van der Waals surface area contributed by atoms with E-state index in [0.717, 1.165) is 18.3 Å². The second kappa shape index (κ2) is 3.73. The van der Waals surface area contributed by atoms with Crippen molar-refractivity contribution in [1.82, 2.24) is 4.98 Å². The number of alkyl halides is 4. The van der Waals surface area contributed by atoms with Crippen molar-refractivity contribution in [3.8, 4) is 0 Å². The Morgan fingerprint density at radius 1 is 1.36 bits per heavy atom. The lowest BCUT2D eigenvalue weighted by molar-refractivity contribution is -0.0888. The van der Waals surface area contributed by atoms with E-state index in [0.29, 0.717) is 0 Å². The molecule has 0 aliphatic carbocycles. The molecule has 2 nitrogen and oxygen atoms in total. The van der Waals surface area contributed by atoms with Gasteiger partial charge in [0.2, 0.25) is 0 Å². The van der Waals surface area contributed by atoms with E-state index >= 15 is 0 Å². The Hall–Kier alpha value is -1.46. The van der Waals surface area contributed by atoms with Gasteiger partial charge in [-0.3, -0.25) is 9.78 Å². The van der Waals surface area contributed by atoms with Gasteiger partial charge in [-0.15, -0.1) is 0 Å². The molecule has 0 aliphatic heterocycles. The number of Topliss-reactive ketones (excluding diaryl/α,β-unsaturated/α-hetero) is 1. The number of hydrogen-bond acceptors (Lipinski definition) is 2. The van der Waals surface area contributed by atoms with Crippen LogP contribution in [0.2, 0.25) is 0 Å². The van der Waals surface area contributed by atoms with Crippen LogP contribution in [0.4, 0.5) is 17.6 Å². The Bertz CT molecular complexity index is 330. The topological polar surface area (TPSA) is 30.0 Å². The lowest BCUT2D eigenvalue weighted by Gasteiger charge is -2.03. The smallest absolute Gasteiger partial charge is 0.282 e. The van der Waals surface area contributed by atoms with Crippen molar-refractivity contribution >= 4 is 5.78 Å².